The number of benzene rings is 2. The smallest absolute Gasteiger partial charge is 0.243 e. The van der Waals surface area contributed by atoms with Crippen LogP contribution in [0, 0.1) is 11.6 Å². The summed E-state index contributed by atoms with van der Waals surface area (Å²) in [5.74, 6) is -1.26. The minimum absolute atomic E-state index is 0.355. The first-order valence-corrected chi connectivity index (χ1v) is 7.10. The van der Waals surface area contributed by atoms with Gasteiger partial charge in [-0.2, -0.15) is 0 Å². The van der Waals surface area contributed by atoms with Crippen LogP contribution in [0.5, 0.6) is 0 Å². The summed E-state index contributed by atoms with van der Waals surface area (Å²) in [7, 11) is 0. The number of nitrogens with zero attached hydrogens (tertiary/aromatic N) is 1. The molecule has 0 aliphatic carbocycles. The fraction of sp³-hybridized carbons (Fsp3) is 0.167. The van der Waals surface area contributed by atoms with Crippen LogP contribution in [0.2, 0.25) is 0 Å². The van der Waals surface area contributed by atoms with E-state index in [9.17, 15) is 18.8 Å². The van der Waals surface area contributed by atoms with Gasteiger partial charge >= 0.3 is 0 Å². The average molecular weight is 317 g/mol. The molecular weight excluding hydrogens is 300 g/mol. The number of hydrogen-bond donors (Lipinski definition) is 1. The molecule has 3 nitrogen and oxygen atoms in total. The van der Waals surface area contributed by atoms with E-state index >= 15 is 0 Å². The molecular formula is C18H17F2NO2. The van der Waals surface area contributed by atoms with Crippen molar-refractivity contribution in [2.75, 3.05) is 0 Å². The predicted octanol–water partition coefficient (Wildman–Crippen LogP) is 4.27. The molecule has 2 aromatic carbocycles. The zero-order chi connectivity index (χ0) is 17.0. The third-order valence-electron chi connectivity index (χ3n) is 3.37. The van der Waals surface area contributed by atoms with Crippen LogP contribution in [0.4, 0.5) is 8.78 Å². The van der Waals surface area contributed by atoms with Crippen molar-refractivity contribution < 1.29 is 18.8 Å². The zero-order valence-electron chi connectivity index (χ0n) is 12.8. The summed E-state index contributed by atoms with van der Waals surface area (Å²) in [4.78, 5) is 11.1. The lowest BCUT2D eigenvalue weighted by Crippen LogP contribution is -2.32. The van der Waals surface area contributed by atoms with E-state index in [1.54, 1.807) is 37.3 Å². The number of rotatable bonds is 4. The summed E-state index contributed by atoms with van der Waals surface area (Å²) in [6, 6.07) is 9.69. The van der Waals surface area contributed by atoms with Gasteiger partial charge < -0.3 is 0 Å². The van der Waals surface area contributed by atoms with Crippen molar-refractivity contribution in [2.24, 2.45) is 0 Å². The minimum Gasteiger partial charge on any atom is -0.285 e. The summed E-state index contributed by atoms with van der Waals surface area (Å²) >= 11 is 0. The van der Waals surface area contributed by atoms with E-state index in [0.717, 1.165) is 0 Å². The van der Waals surface area contributed by atoms with Crippen LogP contribution in [-0.4, -0.2) is 22.2 Å². The molecule has 2 rings (SSSR count). The summed E-state index contributed by atoms with van der Waals surface area (Å²) in [5.41, 5.74) is 1.89. The highest BCUT2D eigenvalue weighted by molar-refractivity contribution is 5.73. The van der Waals surface area contributed by atoms with Crippen molar-refractivity contribution in [1.29, 1.82) is 0 Å². The van der Waals surface area contributed by atoms with Gasteiger partial charge in [-0.25, -0.2) is 13.8 Å². The number of hydroxylamine groups is 2. The highest BCUT2D eigenvalue weighted by atomic mass is 19.1. The second-order valence-corrected chi connectivity index (χ2v) is 5.24. The van der Waals surface area contributed by atoms with Crippen LogP contribution in [0.1, 0.15) is 19.4 Å². The number of hydrogen-bond acceptors (Lipinski definition) is 2. The van der Waals surface area contributed by atoms with Crippen molar-refractivity contribution >= 4 is 12.0 Å². The molecule has 0 fully saturated rings. The van der Waals surface area contributed by atoms with Crippen molar-refractivity contribution in [2.45, 2.75) is 19.9 Å². The standard InChI is InChI=1S/C18H17F2NO2/c1-12(21(23)13(2)22)3-4-14-9-16(11-18(20)10-14)15-5-7-17(19)8-6-15/h3-12,23H,1-2H3/b4-3+/t12-/m0/s1. The van der Waals surface area contributed by atoms with Gasteiger partial charge in [0.1, 0.15) is 11.6 Å². The lowest BCUT2D eigenvalue weighted by molar-refractivity contribution is -0.167. The molecule has 5 heteroatoms. The van der Waals surface area contributed by atoms with Crippen LogP contribution >= 0.6 is 0 Å². The molecule has 0 aliphatic rings. The highest BCUT2D eigenvalue weighted by Crippen LogP contribution is 2.23. The second kappa shape index (κ2) is 7.15. The summed E-state index contributed by atoms with van der Waals surface area (Å²) < 4.78 is 26.8. The number of carbonyl (C=O) groups excluding carboxylic acids is 1. The minimum atomic E-state index is -0.537. The maximum Gasteiger partial charge on any atom is 0.243 e. The highest BCUT2D eigenvalue weighted by Gasteiger charge is 2.10. The van der Waals surface area contributed by atoms with Crippen molar-refractivity contribution in [3.05, 3.63) is 65.7 Å². The molecule has 1 amide bonds. The Morgan fingerprint density at radius 3 is 2.35 bits per heavy atom. The topological polar surface area (TPSA) is 40.5 Å². The maximum atomic E-state index is 13.8. The lowest BCUT2D eigenvalue weighted by Gasteiger charge is -2.17. The molecule has 1 atom stereocenters. The van der Waals surface area contributed by atoms with Crippen LogP contribution in [0.25, 0.3) is 17.2 Å². The first-order chi connectivity index (χ1) is 10.9. The Hall–Kier alpha value is -2.53. The molecule has 0 spiro atoms. The van der Waals surface area contributed by atoms with Crippen molar-refractivity contribution in [3.8, 4) is 11.1 Å². The normalized spacial score (nSPS) is 12.4. The van der Waals surface area contributed by atoms with Crippen LogP contribution in [0.15, 0.2) is 48.5 Å². The Bertz CT molecular complexity index is 726. The molecule has 0 heterocycles. The van der Waals surface area contributed by atoms with E-state index in [-0.39, 0.29) is 5.82 Å². The van der Waals surface area contributed by atoms with Gasteiger partial charge in [0.2, 0.25) is 5.91 Å². The Labute approximate surface area is 133 Å². The average Bonchev–Trinajstić information content (AvgIpc) is 2.52. The van der Waals surface area contributed by atoms with E-state index in [2.05, 4.69) is 0 Å². The van der Waals surface area contributed by atoms with Gasteiger partial charge in [0.05, 0.1) is 6.04 Å². The Balaban J connectivity index is 2.27. The molecule has 23 heavy (non-hydrogen) atoms. The molecule has 0 aromatic heterocycles. The number of amides is 1. The zero-order valence-corrected chi connectivity index (χ0v) is 12.8. The van der Waals surface area contributed by atoms with Crippen molar-refractivity contribution in [1.82, 2.24) is 5.06 Å². The van der Waals surface area contributed by atoms with Gasteiger partial charge in [0.25, 0.3) is 0 Å². The molecule has 0 saturated heterocycles. The lowest BCUT2D eigenvalue weighted by atomic mass is 10.0. The molecule has 0 radical (unpaired) electrons. The Kier molecular flexibility index (Phi) is 5.24. The SMILES string of the molecule is CC(=O)N(O)[C@@H](C)/C=C/c1cc(F)cc(-c2ccc(F)cc2)c1. The monoisotopic (exact) mass is 317 g/mol. The molecule has 0 saturated carbocycles. The van der Waals surface area contributed by atoms with Crippen molar-refractivity contribution in [3.63, 3.8) is 0 Å². The fourth-order valence-corrected chi connectivity index (χ4v) is 2.14. The summed E-state index contributed by atoms with van der Waals surface area (Å²) in [6.07, 6.45) is 3.21. The summed E-state index contributed by atoms with van der Waals surface area (Å²) in [6.45, 7) is 2.89. The van der Waals surface area contributed by atoms with E-state index in [1.165, 1.54) is 31.2 Å². The van der Waals surface area contributed by atoms with Crippen LogP contribution < -0.4 is 0 Å². The molecule has 2 aromatic rings. The second-order valence-electron chi connectivity index (χ2n) is 5.24. The molecule has 0 aliphatic heterocycles. The Morgan fingerprint density at radius 2 is 1.74 bits per heavy atom. The quantitative estimate of drug-likeness (QED) is 0.676. The van der Waals surface area contributed by atoms with E-state index in [4.69, 9.17) is 0 Å². The van der Waals surface area contributed by atoms with Gasteiger partial charge in [-0.1, -0.05) is 24.3 Å². The molecule has 0 unspecified atom stereocenters. The Morgan fingerprint density at radius 1 is 1.09 bits per heavy atom. The van der Waals surface area contributed by atoms with Gasteiger partial charge in [0.15, 0.2) is 0 Å². The van der Waals surface area contributed by atoms with Gasteiger partial charge in [-0.05, 0) is 53.9 Å². The molecule has 1 N–H and O–H groups in total. The largest absolute Gasteiger partial charge is 0.285 e. The molecule has 120 valence electrons. The van der Waals surface area contributed by atoms with Gasteiger partial charge in [-0.3, -0.25) is 10.0 Å². The van der Waals surface area contributed by atoms with E-state index in [1.807, 2.05) is 0 Å². The predicted molar refractivity (Wildman–Crippen MR) is 84.6 cm³/mol. The fourth-order valence-electron chi connectivity index (χ4n) is 2.14. The third-order valence-corrected chi connectivity index (χ3v) is 3.37. The van der Waals surface area contributed by atoms with Gasteiger partial charge in [0, 0.05) is 6.92 Å². The maximum absolute atomic E-state index is 13.8. The number of halogens is 2. The van der Waals surface area contributed by atoms with Crippen LogP contribution in [-0.2, 0) is 4.79 Å². The first-order valence-electron chi connectivity index (χ1n) is 7.10. The van der Waals surface area contributed by atoms with Crippen LogP contribution in [0.3, 0.4) is 0 Å². The van der Waals surface area contributed by atoms with Gasteiger partial charge in [-0.15, -0.1) is 0 Å². The summed E-state index contributed by atoms with van der Waals surface area (Å²) in [5, 5.41) is 10.1. The molecule has 0 bridgehead atoms. The van der Waals surface area contributed by atoms with E-state index < -0.39 is 17.8 Å². The van der Waals surface area contributed by atoms with E-state index in [0.29, 0.717) is 21.8 Å². The number of carbonyl (C=O) groups is 1. The third kappa shape index (κ3) is 4.47. The first kappa shape index (κ1) is 16.8.